The molecular formula is C6H14N12. The van der Waals surface area contributed by atoms with Crippen LogP contribution in [0.25, 0.3) is 0 Å². The van der Waals surface area contributed by atoms with Crippen LogP contribution in [0.5, 0.6) is 0 Å². The van der Waals surface area contributed by atoms with Crippen LogP contribution in [-0.4, -0.2) is 40.4 Å². The molecule has 2 aromatic heterocycles. The molecule has 0 unspecified atom stereocenters. The lowest BCUT2D eigenvalue weighted by Crippen LogP contribution is -2.15. The highest BCUT2D eigenvalue weighted by Gasteiger charge is 2.05. The summed E-state index contributed by atoms with van der Waals surface area (Å²) < 4.78 is 3.17. The van der Waals surface area contributed by atoms with Gasteiger partial charge in [-0.2, -0.15) is 0 Å². The van der Waals surface area contributed by atoms with Gasteiger partial charge in [0.05, 0.1) is 0 Å². The average Bonchev–Trinajstić information content (AvgIpc) is 3.02. The summed E-state index contributed by atoms with van der Waals surface area (Å²) in [5.74, 6) is 11.4. The van der Waals surface area contributed by atoms with Crippen molar-refractivity contribution in [3.63, 3.8) is 0 Å². The van der Waals surface area contributed by atoms with E-state index in [1.54, 1.807) is 9.36 Å². The fourth-order valence-electron chi connectivity index (χ4n) is 1.44. The molecule has 0 aliphatic rings. The number of unbranched alkanes of at least 4 members (excludes halogenated alkanes) is 1. The van der Waals surface area contributed by atoms with Crippen molar-refractivity contribution in [2.24, 2.45) is 11.7 Å². The van der Waals surface area contributed by atoms with Gasteiger partial charge in [0, 0.05) is 13.1 Å². The number of hydrazine groups is 2. The lowest BCUT2D eigenvalue weighted by Gasteiger charge is -2.04. The summed E-state index contributed by atoms with van der Waals surface area (Å²) >= 11 is 0. The van der Waals surface area contributed by atoms with Crippen LogP contribution in [0.4, 0.5) is 11.9 Å². The molecule has 0 saturated heterocycles. The molecule has 0 atom stereocenters. The van der Waals surface area contributed by atoms with Gasteiger partial charge in [-0.25, -0.2) is 21.0 Å². The largest absolute Gasteiger partial charge is 0.291 e. The maximum absolute atomic E-state index is 5.25. The van der Waals surface area contributed by atoms with Gasteiger partial charge in [-0.1, -0.05) is 10.2 Å². The van der Waals surface area contributed by atoms with Crippen LogP contribution in [0.1, 0.15) is 12.8 Å². The van der Waals surface area contributed by atoms with E-state index in [2.05, 4.69) is 41.9 Å². The van der Waals surface area contributed by atoms with Crippen molar-refractivity contribution < 1.29 is 0 Å². The number of nitrogens with two attached hydrogens (primary N) is 2. The molecule has 18 heavy (non-hydrogen) atoms. The van der Waals surface area contributed by atoms with Gasteiger partial charge in [0.25, 0.3) is 11.9 Å². The second kappa shape index (κ2) is 5.83. The predicted octanol–water partition coefficient (Wildman–Crippen LogP) is -2.29. The van der Waals surface area contributed by atoms with Crippen molar-refractivity contribution >= 4 is 11.9 Å². The summed E-state index contributed by atoms with van der Waals surface area (Å²) in [6, 6.07) is 0. The Morgan fingerprint density at radius 1 is 0.833 bits per heavy atom. The first-order valence-corrected chi connectivity index (χ1v) is 5.30. The molecular weight excluding hydrogens is 240 g/mol. The Bertz CT molecular complexity index is 428. The van der Waals surface area contributed by atoms with Gasteiger partial charge < -0.3 is 0 Å². The number of nitrogen functional groups attached to an aromatic ring is 2. The molecule has 2 aromatic rings. The second-order valence-electron chi connectivity index (χ2n) is 3.45. The minimum absolute atomic E-state index is 0.432. The van der Waals surface area contributed by atoms with Gasteiger partial charge in [-0.3, -0.25) is 10.9 Å². The van der Waals surface area contributed by atoms with Gasteiger partial charge in [-0.05, 0) is 33.7 Å². The number of nitrogens with one attached hydrogen (secondary N) is 2. The number of anilines is 2. The van der Waals surface area contributed by atoms with Crippen LogP contribution in [0.3, 0.4) is 0 Å². The van der Waals surface area contributed by atoms with Crippen LogP contribution >= 0.6 is 0 Å². The van der Waals surface area contributed by atoms with E-state index < -0.39 is 0 Å². The monoisotopic (exact) mass is 254 g/mol. The maximum atomic E-state index is 5.25. The zero-order valence-electron chi connectivity index (χ0n) is 9.56. The Hall–Kier alpha value is -2.34. The minimum atomic E-state index is 0.432. The first-order valence-electron chi connectivity index (χ1n) is 5.30. The zero-order valence-corrected chi connectivity index (χ0v) is 9.56. The van der Waals surface area contributed by atoms with Crippen molar-refractivity contribution in [1.82, 2.24) is 40.4 Å². The number of aryl methyl sites for hydroxylation is 2. The molecule has 98 valence electrons. The van der Waals surface area contributed by atoms with E-state index in [1.807, 2.05) is 0 Å². The molecule has 0 saturated carbocycles. The number of hydrogen-bond acceptors (Lipinski definition) is 10. The molecule has 12 nitrogen and oxygen atoms in total. The van der Waals surface area contributed by atoms with E-state index in [9.17, 15) is 0 Å². The lowest BCUT2D eigenvalue weighted by molar-refractivity contribution is 0.491. The summed E-state index contributed by atoms with van der Waals surface area (Å²) in [5, 5.41) is 22.0. The maximum Gasteiger partial charge on any atom is 0.257 e. The number of tetrazole rings is 2. The topological polar surface area (TPSA) is 163 Å². The number of hydrogen-bond donors (Lipinski definition) is 4. The Morgan fingerprint density at radius 2 is 1.28 bits per heavy atom. The summed E-state index contributed by atoms with van der Waals surface area (Å²) in [5.41, 5.74) is 4.82. The Balaban J connectivity index is 1.76. The highest BCUT2D eigenvalue weighted by molar-refractivity contribution is 5.18. The van der Waals surface area contributed by atoms with Crippen LogP contribution in [-0.2, 0) is 13.1 Å². The molecule has 2 rings (SSSR count). The smallest absolute Gasteiger partial charge is 0.257 e. The fourth-order valence-corrected chi connectivity index (χ4v) is 1.44. The Kier molecular flexibility index (Phi) is 3.93. The third-order valence-electron chi connectivity index (χ3n) is 2.31. The summed E-state index contributed by atoms with van der Waals surface area (Å²) in [6.07, 6.45) is 1.70. The first-order chi connectivity index (χ1) is 8.85. The molecule has 0 spiro atoms. The summed E-state index contributed by atoms with van der Waals surface area (Å²) in [4.78, 5) is 0. The van der Waals surface area contributed by atoms with Crippen molar-refractivity contribution in [2.45, 2.75) is 25.9 Å². The lowest BCUT2D eigenvalue weighted by atomic mass is 10.3. The van der Waals surface area contributed by atoms with Crippen molar-refractivity contribution in [1.29, 1.82) is 0 Å². The Morgan fingerprint density at radius 3 is 1.67 bits per heavy atom. The number of aromatic nitrogens is 8. The van der Waals surface area contributed by atoms with Gasteiger partial charge in [0.15, 0.2) is 0 Å². The van der Waals surface area contributed by atoms with E-state index >= 15 is 0 Å². The highest BCUT2D eigenvalue weighted by atomic mass is 15.6. The molecule has 0 amide bonds. The fraction of sp³-hybridized carbons (Fsp3) is 0.667. The molecule has 12 heteroatoms. The van der Waals surface area contributed by atoms with Crippen molar-refractivity contribution in [2.75, 3.05) is 10.9 Å². The standard InChI is InChI=1S/C6H14N12/c7-9-5-11-13-15-17(5)3-1-2-4-18-6(10-8)12-14-16-18/h1-4,7-8H2,(H,9,11,15)(H,10,12,16). The summed E-state index contributed by atoms with van der Waals surface area (Å²) in [7, 11) is 0. The van der Waals surface area contributed by atoms with Gasteiger partial charge >= 0.3 is 0 Å². The number of nitrogens with zero attached hydrogens (tertiary/aromatic N) is 8. The molecule has 0 aromatic carbocycles. The molecule has 0 aliphatic carbocycles. The average molecular weight is 254 g/mol. The SMILES string of the molecule is NNc1nnnn1CCCCn1nnnc1NN. The zero-order chi connectivity index (χ0) is 12.8. The second-order valence-corrected chi connectivity index (χ2v) is 3.45. The van der Waals surface area contributed by atoms with E-state index in [0.29, 0.717) is 25.0 Å². The molecule has 2 heterocycles. The van der Waals surface area contributed by atoms with Gasteiger partial charge in [0.1, 0.15) is 0 Å². The molecule has 0 aliphatic heterocycles. The van der Waals surface area contributed by atoms with Crippen LogP contribution < -0.4 is 22.5 Å². The van der Waals surface area contributed by atoms with Crippen LogP contribution in [0.15, 0.2) is 0 Å². The number of rotatable bonds is 7. The van der Waals surface area contributed by atoms with Crippen LogP contribution in [0, 0.1) is 0 Å². The molecule has 0 radical (unpaired) electrons. The Labute approximate surface area is 102 Å². The van der Waals surface area contributed by atoms with Gasteiger partial charge in [0.2, 0.25) is 0 Å². The van der Waals surface area contributed by atoms with Gasteiger partial charge in [-0.15, -0.1) is 0 Å². The third kappa shape index (κ3) is 2.67. The summed E-state index contributed by atoms with van der Waals surface area (Å²) in [6.45, 7) is 1.31. The quantitative estimate of drug-likeness (QED) is 0.240. The minimum Gasteiger partial charge on any atom is -0.291 e. The first kappa shape index (κ1) is 12.1. The molecule has 6 N–H and O–H groups in total. The molecule has 0 fully saturated rings. The van der Waals surface area contributed by atoms with E-state index in [1.165, 1.54) is 0 Å². The third-order valence-corrected chi connectivity index (χ3v) is 2.31. The van der Waals surface area contributed by atoms with Crippen molar-refractivity contribution in [3.05, 3.63) is 0 Å². The normalized spacial score (nSPS) is 10.6. The predicted molar refractivity (Wildman–Crippen MR) is 60.5 cm³/mol. The van der Waals surface area contributed by atoms with Crippen LogP contribution in [0.2, 0.25) is 0 Å². The van der Waals surface area contributed by atoms with Crippen molar-refractivity contribution in [3.8, 4) is 0 Å². The van der Waals surface area contributed by atoms with E-state index in [4.69, 9.17) is 11.7 Å². The van der Waals surface area contributed by atoms with E-state index in [-0.39, 0.29) is 0 Å². The highest BCUT2D eigenvalue weighted by Crippen LogP contribution is 2.03. The molecule has 0 bridgehead atoms. The van der Waals surface area contributed by atoms with E-state index in [0.717, 1.165) is 12.8 Å².